The molecular weight excluding hydrogens is 347 g/mol. The van der Waals surface area contributed by atoms with Crippen molar-refractivity contribution in [1.82, 2.24) is 9.78 Å². The van der Waals surface area contributed by atoms with Gasteiger partial charge >= 0.3 is 0 Å². The number of halogens is 1. The molecule has 3 nitrogen and oxygen atoms in total. The van der Waals surface area contributed by atoms with Crippen LogP contribution < -0.4 is 5.56 Å². The summed E-state index contributed by atoms with van der Waals surface area (Å²) in [7, 11) is 0. The van der Waals surface area contributed by atoms with Crippen molar-refractivity contribution in [3.8, 4) is 11.3 Å². The molecule has 1 aromatic heterocycles. The molecule has 1 aliphatic carbocycles. The Morgan fingerprint density at radius 2 is 2.00 bits per heavy atom. The zero-order valence-electron chi connectivity index (χ0n) is 14.7. The summed E-state index contributed by atoms with van der Waals surface area (Å²) in [5.41, 5.74) is 4.03. The first kappa shape index (κ1) is 17.2. The second-order valence-electron chi connectivity index (χ2n) is 6.91. The maximum absolute atomic E-state index is 13.3. The fourth-order valence-electron chi connectivity index (χ4n) is 3.12. The molecule has 1 fully saturated rings. The zero-order valence-corrected chi connectivity index (χ0v) is 15.5. The van der Waals surface area contributed by atoms with Crippen molar-refractivity contribution < 1.29 is 4.39 Å². The normalized spacial score (nSPS) is 13.9. The molecule has 1 aliphatic rings. The van der Waals surface area contributed by atoms with E-state index in [1.54, 1.807) is 34.6 Å². The molecule has 0 aliphatic heterocycles. The van der Waals surface area contributed by atoms with Crippen LogP contribution in [-0.2, 0) is 12.3 Å². The van der Waals surface area contributed by atoms with Crippen molar-refractivity contribution in [3.05, 3.63) is 75.8 Å². The first-order valence-electron chi connectivity index (χ1n) is 8.87. The number of aromatic nitrogens is 2. The molecule has 0 bridgehead atoms. The Kier molecular flexibility index (Phi) is 4.72. The molecule has 26 heavy (non-hydrogen) atoms. The van der Waals surface area contributed by atoms with Gasteiger partial charge in [-0.1, -0.05) is 24.3 Å². The summed E-state index contributed by atoms with van der Waals surface area (Å²) in [5, 5.41) is 3.26. The second-order valence-corrected chi connectivity index (χ2v) is 7.93. The van der Waals surface area contributed by atoms with E-state index in [1.807, 2.05) is 18.2 Å². The molecule has 0 atom stereocenters. The Balaban J connectivity index is 1.56. The molecule has 4 rings (SSSR count). The van der Waals surface area contributed by atoms with Crippen LogP contribution in [0.25, 0.3) is 11.3 Å². The van der Waals surface area contributed by atoms with Crippen molar-refractivity contribution in [2.75, 3.05) is 0 Å². The number of benzene rings is 2. The summed E-state index contributed by atoms with van der Waals surface area (Å²) in [5.74, 6) is 1.15. The largest absolute Gasteiger partial charge is 0.295 e. The summed E-state index contributed by atoms with van der Waals surface area (Å²) >= 11 is 1.68. The predicted octanol–water partition coefficient (Wildman–Crippen LogP) is 4.99. The number of nitrogens with one attached hydrogen (secondary N) is 1. The summed E-state index contributed by atoms with van der Waals surface area (Å²) in [4.78, 5) is 13.3. The summed E-state index contributed by atoms with van der Waals surface area (Å²) < 4.78 is 15.1. The minimum absolute atomic E-state index is 0.0316. The van der Waals surface area contributed by atoms with Crippen LogP contribution in [0.2, 0.25) is 0 Å². The van der Waals surface area contributed by atoms with Gasteiger partial charge in [0.05, 0.1) is 5.69 Å². The average molecular weight is 368 g/mol. The van der Waals surface area contributed by atoms with Gasteiger partial charge in [-0.2, -0.15) is 0 Å². The highest BCUT2D eigenvalue weighted by Gasteiger charge is 2.23. The maximum Gasteiger partial charge on any atom is 0.267 e. The van der Waals surface area contributed by atoms with Gasteiger partial charge in [-0.25, -0.2) is 4.39 Å². The minimum Gasteiger partial charge on any atom is -0.295 e. The van der Waals surface area contributed by atoms with Crippen molar-refractivity contribution in [1.29, 1.82) is 0 Å². The molecular formula is C21H21FN2OS. The monoisotopic (exact) mass is 368 g/mol. The number of hydrogen-bond acceptors (Lipinski definition) is 2. The van der Waals surface area contributed by atoms with Crippen LogP contribution in [0.4, 0.5) is 4.39 Å². The van der Waals surface area contributed by atoms with Gasteiger partial charge < -0.3 is 0 Å². The number of thioether (sulfide) groups is 1. The Labute approximate surface area is 156 Å². The van der Waals surface area contributed by atoms with Crippen LogP contribution in [0.5, 0.6) is 0 Å². The van der Waals surface area contributed by atoms with Crippen LogP contribution in [0.15, 0.2) is 58.2 Å². The molecule has 134 valence electrons. The van der Waals surface area contributed by atoms with E-state index in [-0.39, 0.29) is 11.4 Å². The van der Waals surface area contributed by atoms with E-state index in [9.17, 15) is 9.18 Å². The van der Waals surface area contributed by atoms with Gasteiger partial charge in [0.2, 0.25) is 0 Å². The van der Waals surface area contributed by atoms with E-state index in [0.717, 1.165) is 33.8 Å². The first-order chi connectivity index (χ1) is 12.6. The summed E-state index contributed by atoms with van der Waals surface area (Å²) in [6, 6.07) is 14.5. The van der Waals surface area contributed by atoms with Crippen LogP contribution >= 0.6 is 11.8 Å². The Hall–Kier alpha value is -2.27. The summed E-state index contributed by atoms with van der Waals surface area (Å²) in [6.07, 6.45) is 2.43. The van der Waals surface area contributed by atoms with Gasteiger partial charge in [0.15, 0.2) is 0 Å². The highest BCUT2D eigenvalue weighted by atomic mass is 32.2. The van der Waals surface area contributed by atoms with E-state index in [1.165, 1.54) is 18.9 Å². The number of hydrogen-bond donors (Lipinski definition) is 1. The molecule has 3 aromatic rings. The standard InChI is InChI=1S/C21H21FN2OS/c1-14-18(19-11-21(25)24(23-19)12-15-8-9-15)6-3-7-20(14)26-13-16-4-2-5-17(22)10-16/h2-7,10-11,15,23H,8-9,12-13H2,1H3. The minimum atomic E-state index is -0.205. The van der Waals surface area contributed by atoms with Crippen molar-refractivity contribution in [2.24, 2.45) is 5.92 Å². The van der Waals surface area contributed by atoms with E-state index in [4.69, 9.17) is 0 Å². The lowest BCUT2D eigenvalue weighted by molar-refractivity contribution is 0.549. The highest BCUT2D eigenvalue weighted by molar-refractivity contribution is 7.98. The molecule has 0 unspecified atom stereocenters. The molecule has 2 aromatic carbocycles. The van der Waals surface area contributed by atoms with E-state index in [0.29, 0.717) is 11.7 Å². The number of aromatic amines is 1. The fourth-order valence-corrected chi connectivity index (χ4v) is 4.12. The molecule has 1 saturated carbocycles. The molecule has 0 amide bonds. The smallest absolute Gasteiger partial charge is 0.267 e. The van der Waals surface area contributed by atoms with Gasteiger partial charge in [-0.3, -0.25) is 14.6 Å². The predicted molar refractivity (Wildman–Crippen MR) is 104 cm³/mol. The van der Waals surface area contributed by atoms with Crippen molar-refractivity contribution in [3.63, 3.8) is 0 Å². The third-order valence-corrected chi connectivity index (χ3v) is 6.02. The Morgan fingerprint density at radius 1 is 1.19 bits per heavy atom. The van der Waals surface area contributed by atoms with Gasteiger partial charge in [-0.15, -0.1) is 11.8 Å². The highest BCUT2D eigenvalue weighted by Crippen LogP contribution is 2.33. The summed E-state index contributed by atoms with van der Waals surface area (Å²) in [6.45, 7) is 2.85. The van der Waals surface area contributed by atoms with E-state index < -0.39 is 0 Å². The van der Waals surface area contributed by atoms with E-state index in [2.05, 4.69) is 18.1 Å². The molecule has 1 N–H and O–H groups in total. The van der Waals surface area contributed by atoms with Crippen LogP contribution in [-0.4, -0.2) is 9.78 Å². The third-order valence-electron chi connectivity index (χ3n) is 4.78. The third kappa shape index (κ3) is 3.78. The first-order valence-corrected chi connectivity index (χ1v) is 9.86. The zero-order chi connectivity index (χ0) is 18.1. The lowest BCUT2D eigenvalue weighted by Crippen LogP contribution is -2.16. The molecule has 0 saturated heterocycles. The molecule has 0 radical (unpaired) electrons. The Bertz CT molecular complexity index is 988. The molecule has 0 spiro atoms. The Morgan fingerprint density at radius 3 is 2.77 bits per heavy atom. The lowest BCUT2D eigenvalue weighted by atomic mass is 10.1. The van der Waals surface area contributed by atoms with Gasteiger partial charge in [-0.05, 0) is 55.0 Å². The topological polar surface area (TPSA) is 37.8 Å². The SMILES string of the molecule is Cc1c(SCc2cccc(F)c2)cccc1-c1cc(=O)n(CC2CC2)[nH]1. The van der Waals surface area contributed by atoms with Crippen LogP contribution in [0.1, 0.15) is 24.0 Å². The molecule has 1 heterocycles. The van der Waals surface area contributed by atoms with Crippen molar-refractivity contribution in [2.45, 2.75) is 37.0 Å². The van der Waals surface area contributed by atoms with Gasteiger partial charge in [0.25, 0.3) is 5.56 Å². The lowest BCUT2D eigenvalue weighted by Gasteiger charge is -2.10. The van der Waals surface area contributed by atoms with Crippen LogP contribution in [0, 0.1) is 18.7 Å². The van der Waals surface area contributed by atoms with E-state index >= 15 is 0 Å². The van der Waals surface area contributed by atoms with Crippen LogP contribution in [0.3, 0.4) is 0 Å². The maximum atomic E-state index is 13.3. The quantitative estimate of drug-likeness (QED) is 0.622. The number of H-pyrrole nitrogens is 1. The fraction of sp³-hybridized carbons (Fsp3) is 0.286. The number of nitrogens with zero attached hydrogens (tertiary/aromatic N) is 1. The molecule has 5 heteroatoms. The number of rotatable bonds is 6. The average Bonchev–Trinajstić information content (AvgIpc) is 3.36. The second kappa shape index (κ2) is 7.16. The van der Waals surface area contributed by atoms with Crippen molar-refractivity contribution >= 4 is 11.8 Å². The van der Waals surface area contributed by atoms with Gasteiger partial charge in [0.1, 0.15) is 5.82 Å². The van der Waals surface area contributed by atoms with Gasteiger partial charge in [0, 0.05) is 28.8 Å².